The van der Waals surface area contributed by atoms with Gasteiger partial charge in [-0.25, -0.2) is 14.2 Å². The molecule has 0 aromatic heterocycles. The third kappa shape index (κ3) is 7.30. The maximum absolute atomic E-state index is 13.7. The van der Waals surface area contributed by atoms with Crippen LogP contribution < -0.4 is 5.32 Å². The molecule has 1 N–H and O–H groups in total. The number of nitrogens with zero attached hydrogens (tertiary/aromatic N) is 4. The summed E-state index contributed by atoms with van der Waals surface area (Å²) in [4.78, 5) is 30.7. The van der Waals surface area contributed by atoms with E-state index < -0.39 is 11.6 Å². The molecule has 2 aliphatic heterocycles. The molecule has 2 heterocycles. The summed E-state index contributed by atoms with van der Waals surface area (Å²) in [5, 5.41) is 9.60. The number of hydrogen-bond donors (Lipinski definition) is 1. The average Bonchev–Trinajstić information content (AvgIpc) is 3.32. The summed E-state index contributed by atoms with van der Waals surface area (Å²) in [6.07, 6.45) is 0.420. The number of hydrazone groups is 1. The first-order valence-corrected chi connectivity index (χ1v) is 13.3. The van der Waals surface area contributed by atoms with Crippen molar-refractivity contribution in [1.29, 1.82) is 0 Å². The van der Waals surface area contributed by atoms with Crippen LogP contribution in [-0.4, -0.2) is 83.9 Å². The second kappa shape index (κ2) is 12.2. The Bertz CT molecular complexity index is 1160. The van der Waals surface area contributed by atoms with Crippen molar-refractivity contribution < 1.29 is 18.7 Å². The molecule has 10 heteroatoms. The minimum Gasteiger partial charge on any atom is -0.379 e. The van der Waals surface area contributed by atoms with Gasteiger partial charge < -0.3 is 15.0 Å². The van der Waals surface area contributed by atoms with Gasteiger partial charge in [-0.05, 0) is 44.5 Å². The van der Waals surface area contributed by atoms with Crippen LogP contribution >= 0.6 is 11.6 Å². The molecule has 0 radical (unpaired) electrons. The molecule has 2 aliphatic rings. The van der Waals surface area contributed by atoms with Gasteiger partial charge in [-0.3, -0.25) is 9.69 Å². The van der Waals surface area contributed by atoms with E-state index in [0.29, 0.717) is 43.5 Å². The number of carbonyl (C=O) groups is 2. The average molecular weight is 544 g/mol. The van der Waals surface area contributed by atoms with E-state index >= 15 is 0 Å². The highest BCUT2D eigenvalue weighted by Gasteiger charge is 2.35. The summed E-state index contributed by atoms with van der Waals surface area (Å²) in [5.74, 6) is -0.683. The monoisotopic (exact) mass is 543 g/mol. The molecule has 0 bridgehead atoms. The van der Waals surface area contributed by atoms with Crippen LogP contribution in [0.1, 0.15) is 44.4 Å². The molecule has 1 fully saturated rings. The Kier molecular flexibility index (Phi) is 9.02. The van der Waals surface area contributed by atoms with Crippen molar-refractivity contribution in [2.45, 2.75) is 38.8 Å². The Balaban J connectivity index is 1.58. The molecule has 3 amide bonds. The molecule has 1 unspecified atom stereocenters. The van der Waals surface area contributed by atoms with E-state index in [2.05, 4.69) is 15.3 Å². The lowest BCUT2D eigenvalue weighted by Gasteiger charge is -2.32. The number of amides is 3. The van der Waals surface area contributed by atoms with Gasteiger partial charge in [0.2, 0.25) is 0 Å². The van der Waals surface area contributed by atoms with Crippen molar-refractivity contribution in [2.24, 2.45) is 5.10 Å². The van der Waals surface area contributed by atoms with E-state index in [1.807, 2.05) is 39.0 Å². The Morgan fingerprint density at radius 3 is 2.47 bits per heavy atom. The minimum atomic E-state index is -0.461. The minimum absolute atomic E-state index is 0.150. The molecule has 1 atom stereocenters. The van der Waals surface area contributed by atoms with Gasteiger partial charge in [0.1, 0.15) is 12.4 Å². The van der Waals surface area contributed by atoms with Crippen molar-refractivity contribution in [3.63, 3.8) is 0 Å². The van der Waals surface area contributed by atoms with E-state index in [0.717, 1.165) is 24.2 Å². The van der Waals surface area contributed by atoms with Crippen molar-refractivity contribution in [1.82, 2.24) is 20.1 Å². The third-order valence-corrected chi connectivity index (χ3v) is 6.82. The summed E-state index contributed by atoms with van der Waals surface area (Å²) in [6, 6.07) is 12.7. The van der Waals surface area contributed by atoms with Crippen LogP contribution in [-0.2, 0) is 9.53 Å². The normalized spacial score (nSPS) is 18.3. The number of ether oxygens (including phenoxy) is 1. The molecular formula is C28H35ClFN5O3. The number of halogens is 2. The maximum Gasteiger partial charge on any atom is 0.318 e. The zero-order chi connectivity index (χ0) is 27.3. The topological polar surface area (TPSA) is 77.5 Å². The zero-order valence-corrected chi connectivity index (χ0v) is 22.9. The molecule has 2 aromatic carbocycles. The summed E-state index contributed by atoms with van der Waals surface area (Å²) in [6.45, 7) is 9.43. The Morgan fingerprint density at radius 1 is 1.13 bits per heavy atom. The highest BCUT2D eigenvalue weighted by atomic mass is 35.5. The van der Waals surface area contributed by atoms with Gasteiger partial charge in [-0.15, -0.1) is 0 Å². The Hall–Kier alpha value is -3.01. The molecule has 38 heavy (non-hydrogen) atoms. The van der Waals surface area contributed by atoms with E-state index in [9.17, 15) is 14.0 Å². The van der Waals surface area contributed by atoms with E-state index in [4.69, 9.17) is 16.3 Å². The van der Waals surface area contributed by atoms with Crippen LogP contribution in [0.3, 0.4) is 0 Å². The van der Waals surface area contributed by atoms with Gasteiger partial charge in [0.25, 0.3) is 5.91 Å². The first-order chi connectivity index (χ1) is 18.1. The lowest BCUT2D eigenvalue weighted by molar-refractivity contribution is -0.133. The van der Waals surface area contributed by atoms with Crippen LogP contribution in [0.5, 0.6) is 0 Å². The smallest absolute Gasteiger partial charge is 0.318 e. The highest BCUT2D eigenvalue weighted by molar-refractivity contribution is 6.34. The first kappa shape index (κ1) is 28.0. The molecule has 204 valence electrons. The number of nitrogens with one attached hydrogen (secondary N) is 1. The lowest BCUT2D eigenvalue weighted by atomic mass is 9.98. The fourth-order valence-electron chi connectivity index (χ4n) is 4.52. The SMILES string of the molecule is CC(C)(C)NC(=O)N(CCN1CCOCC1)CC(=O)N1N=C(c2ccccc2Cl)CC1c1ccc(F)cc1. The van der Waals surface area contributed by atoms with Gasteiger partial charge in [-0.1, -0.05) is 41.9 Å². The van der Waals surface area contributed by atoms with Gasteiger partial charge in [0.05, 0.1) is 25.0 Å². The van der Waals surface area contributed by atoms with Gasteiger partial charge in [0.15, 0.2) is 0 Å². The number of urea groups is 1. The van der Waals surface area contributed by atoms with E-state index in [-0.39, 0.29) is 24.3 Å². The molecule has 8 nitrogen and oxygen atoms in total. The second-order valence-electron chi connectivity index (χ2n) is 10.6. The van der Waals surface area contributed by atoms with Crippen LogP contribution in [0.15, 0.2) is 53.6 Å². The summed E-state index contributed by atoms with van der Waals surface area (Å²) in [5.41, 5.74) is 1.70. The van der Waals surface area contributed by atoms with Gasteiger partial charge >= 0.3 is 6.03 Å². The van der Waals surface area contributed by atoms with E-state index in [1.165, 1.54) is 22.0 Å². The maximum atomic E-state index is 13.7. The van der Waals surface area contributed by atoms with Crippen molar-refractivity contribution in [3.8, 4) is 0 Å². The molecule has 2 aromatic rings. The number of benzene rings is 2. The largest absolute Gasteiger partial charge is 0.379 e. The van der Waals surface area contributed by atoms with Crippen LogP contribution in [0, 0.1) is 5.82 Å². The van der Waals surface area contributed by atoms with Crippen LogP contribution in [0.25, 0.3) is 0 Å². The summed E-state index contributed by atoms with van der Waals surface area (Å²) < 4.78 is 19.1. The third-order valence-electron chi connectivity index (χ3n) is 6.49. The lowest BCUT2D eigenvalue weighted by Crippen LogP contribution is -2.53. The Labute approximate surface area is 228 Å². The fourth-order valence-corrected chi connectivity index (χ4v) is 4.76. The quantitative estimate of drug-likeness (QED) is 0.565. The van der Waals surface area contributed by atoms with E-state index in [1.54, 1.807) is 18.2 Å². The standard InChI is InChI=1S/C28H35ClFN5O3/c1-28(2,3)31-27(37)34(13-12-33-14-16-38-17-15-33)19-26(36)35-25(20-8-10-21(30)11-9-20)18-24(32-35)22-6-4-5-7-23(22)29/h4-11,25H,12-19H2,1-3H3,(H,31,37). The molecule has 4 rings (SSSR count). The van der Waals surface area contributed by atoms with Crippen LogP contribution in [0.2, 0.25) is 5.02 Å². The predicted molar refractivity (Wildman–Crippen MR) is 146 cm³/mol. The molecule has 0 saturated carbocycles. The molecule has 1 saturated heterocycles. The Morgan fingerprint density at radius 2 is 1.82 bits per heavy atom. The van der Waals surface area contributed by atoms with Crippen molar-refractivity contribution in [3.05, 3.63) is 70.5 Å². The number of carbonyl (C=O) groups excluding carboxylic acids is 2. The number of hydrogen-bond acceptors (Lipinski definition) is 5. The number of morpholine rings is 1. The zero-order valence-electron chi connectivity index (χ0n) is 22.1. The highest BCUT2D eigenvalue weighted by Crippen LogP contribution is 2.34. The molecule has 0 spiro atoms. The summed E-state index contributed by atoms with van der Waals surface area (Å²) >= 11 is 6.44. The van der Waals surface area contributed by atoms with Crippen LogP contribution in [0.4, 0.5) is 9.18 Å². The van der Waals surface area contributed by atoms with Crippen molar-refractivity contribution in [2.75, 3.05) is 45.9 Å². The fraction of sp³-hybridized carbons (Fsp3) is 0.464. The van der Waals surface area contributed by atoms with Crippen molar-refractivity contribution >= 4 is 29.3 Å². The molecule has 0 aliphatic carbocycles. The number of rotatable bonds is 7. The second-order valence-corrected chi connectivity index (χ2v) is 11.0. The summed E-state index contributed by atoms with van der Waals surface area (Å²) in [7, 11) is 0. The predicted octanol–water partition coefficient (Wildman–Crippen LogP) is 4.30. The first-order valence-electron chi connectivity index (χ1n) is 12.9. The molecular weight excluding hydrogens is 509 g/mol. The van der Waals surface area contributed by atoms with Gasteiger partial charge in [-0.2, -0.15) is 5.10 Å². The van der Waals surface area contributed by atoms with Gasteiger partial charge in [0, 0.05) is 48.7 Å².